The van der Waals surface area contributed by atoms with Crippen molar-refractivity contribution < 1.29 is 0 Å². The van der Waals surface area contributed by atoms with Gasteiger partial charge >= 0.3 is 0 Å². The standard InChI is InChI=1S/C37H33N/c1-7-8-17-32-23(2)34-33(21-20-31-35(34)26-14-10-12-16-29(26)37(31,5)6)38(32)24-18-19-30-27(22-24)25-13-9-11-15-28(25)36(30,3)4/h7-22H,2H2,1,3-6H3/b8-7-,32-17+. The van der Waals surface area contributed by atoms with Gasteiger partial charge in [0.15, 0.2) is 0 Å². The lowest BCUT2D eigenvalue weighted by Crippen LogP contribution is -2.27. The second kappa shape index (κ2) is 7.71. The number of aromatic nitrogens is 1. The molecular formula is C37H33N. The second-order valence-corrected chi connectivity index (χ2v) is 11.8. The van der Waals surface area contributed by atoms with Crippen LogP contribution >= 0.6 is 0 Å². The Hall–Kier alpha value is -4.10. The van der Waals surface area contributed by atoms with E-state index in [1.165, 1.54) is 61.1 Å². The molecule has 38 heavy (non-hydrogen) atoms. The fraction of sp³-hybridized carbons (Fsp3) is 0.189. The van der Waals surface area contributed by atoms with Gasteiger partial charge in [0.2, 0.25) is 0 Å². The third-order valence-corrected chi connectivity index (χ3v) is 9.09. The summed E-state index contributed by atoms with van der Waals surface area (Å²) in [6.45, 7) is 16.1. The summed E-state index contributed by atoms with van der Waals surface area (Å²) in [6, 6.07) is 29.4. The molecule has 0 N–H and O–H groups in total. The van der Waals surface area contributed by atoms with Crippen LogP contribution in [0.3, 0.4) is 0 Å². The van der Waals surface area contributed by atoms with Crippen LogP contribution < -0.4 is 10.6 Å². The van der Waals surface area contributed by atoms with E-state index in [2.05, 4.69) is 136 Å². The lowest BCUT2D eigenvalue weighted by Gasteiger charge is -2.22. The molecule has 0 saturated carbocycles. The topological polar surface area (TPSA) is 4.93 Å². The van der Waals surface area contributed by atoms with E-state index in [4.69, 9.17) is 6.58 Å². The smallest absolute Gasteiger partial charge is 0.0547 e. The molecule has 1 nitrogen and oxygen atoms in total. The predicted molar refractivity (Wildman–Crippen MR) is 162 cm³/mol. The van der Waals surface area contributed by atoms with Gasteiger partial charge in [0, 0.05) is 27.1 Å². The van der Waals surface area contributed by atoms with Gasteiger partial charge in [0.05, 0.1) is 10.9 Å². The Morgan fingerprint density at radius 1 is 0.684 bits per heavy atom. The molecule has 5 aromatic rings. The Morgan fingerprint density at radius 3 is 2.03 bits per heavy atom. The Morgan fingerprint density at radius 2 is 1.29 bits per heavy atom. The van der Waals surface area contributed by atoms with Gasteiger partial charge in [-0.05, 0) is 75.7 Å². The molecule has 0 atom stereocenters. The van der Waals surface area contributed by atoms with Gasteiger partial charge < -0.3 is 4.57 Å². The highest BCUT2D eigenvalue weighted by molar-refractivity contribution is 6.02. The van der Waals surface area contributed by atoms with Gasteiger partial charge in [0.1, 0.15) is 0 Å². The molecule has 0 fully saturated rings. The number of benzene rings is 4. The fourth-order valence-corrected chi connectivity index (χ4v) is 7.16. The lowest BCUT2D eigenvalue weighted by molar-refractivity contribution is 0.660. The van der Waals surface area contributed by atoms with Gasteiger partial charge in [-0.15, -0.1) is 0 Å². The van der Waals surface area contributed by atoms with Crippen molar-refractivity contribution in [3.63, 3.8) is 0 Å². The Kier molecular flexibility index (Phi) is 4.68. The molecule has 2 aliphatic carbocycles. The molecule has 186 valence electrons. The lowest BCUT2D eigenvalue weighted by atomic mass is 9.82. The zero-order valence-electron chi connectivity index (χ0n) is 22.9. The van der Waals surface area contributed by atoms with Crippen LogP contribution in [0.15, 0.2) is 91.0 Å². The quantitative estimate of drug-likeness (QED) is 0.236. The minimum atomic E-state index is -0.0370. The Balaban J connectivity index is 1.59. The van der Waals surface area contributed by atoms with E-state index in [-0.39, 0.29) is 10.8 Å². The molecule has 1 aromatic heterocycles. The van der Waals surface area contributed by atoms with Crippen LogP contribution in [0.1, 0.15) is 56.9 Å². The van der Waals surface area contributed by atoms with E-state index in [0.717, 1.165) is 10.6 Å². The van der Waals surface area contributed by atoms with E-state index >= 15 is 0 Å². The second-order valence-electron chi connectivity index (χ2n) is 11.8. The van der Waals surface area contributed by atoms with Gasteiger partial charge in [0.25, 0.3) is 0 Å². The van der Waals surface area contributed by atoms with E-state index in [1.807, 2.05) is 0 Å². The van der Waals surface area contributed by atoms with Crippen LogP contribution in [0.25, 0.3) is 51.5 Å². The number of hydrogen-bond donors (Lipinski definition) is 0. The highest BCUT2D eigenvalue weighted by atomic mass is 15.0. The first-order chi connectivity index (χ1) is 18.3. The van der Waals surface area contributed by atoms with E-state index in [9.17, 15) is 0 Å². The summed E-state index contributed by atoms with van der Waals surface area (Å²) in [5.41, 5.74) is 13.3. The minimum absolute atomic E-state index is 0.00327. The summed E-state index contributed by atoms with van der Waals surface area (Å²) in [7, 11) is 0. The summed E-state index contributed by atoms with van der Waals surface area (Å²) in [5, 5.41) is 3.49. The summed E-state index contributed by atoms with van der Waals surface area (Å²) in [6.07, 6.45) is 6.43. The monoisotopic (exact) mass is 491 g/mol. The SMILES string of the molecule is C=c1/c(=C\C=C/C)n(-c2ccc3c(c2)-c2ccccc2C3(C)C)c2ccc3c(c12)-c1ccccc1C3(C)C. The van der Waals surface area contributed by atoms with Crippen molar-refractivity contribution in [2.75, 3.05) is 0 Å². The molecular weight excluding hydrogens is 458 g/mol. The van der Waals surface area contributed by atoms with Gasteiger partial charge in [-0.3, -0.25) is 0 Å². The highest BCUT2D eigenvalue weighted by Crippen LogP contribution is 2.51. The van der Waals surface area contributed by atoms with Crippen LogP contribution in [0, 0.1) is 0 Å². The minimum Gasteiger partial charge on any atom is -0.309 e. The third kappa shape index (κ3) is 2.82. The first-order valence-electron chi connectivity index (χ1n) is 13.6. The average Bonchev–Trinajstić information content (AvgIpc) is 3.43. The number of rotatable bonds is 2. The molecule has 7 rings (SSSR count). The summed E-state index contributed by atoms with van der Waals surface area (Å²) in [5.74, 6) is 0. The predicted octanol–water partition coefficient (Wildman–Crippen LogP) is 8.01. The molecule has 4 aromatic carbocycles. The third-order valence-electron chi connectivity index (χ3n) is 9.09. The van der Waals surface area contributed by atoms with Crippen molar-refractivity contribution in [1.82, 2.24) is 4.57 Å². The Labute approximate surface area is 225 Å². The van der Waals surface area contributed by atoms with Gasteiger partial charge in [-0.25, -0.2) is 0 Å². The van der Waals surface area contributed by atoms with Crippen molar-refractivity contribution in [3.05, 3.63) is 124 Å². The molecule has 0 bridgehead atoms. The number of allylic oxidation sites excluding steroid dienone is 2. The molecule has 0 amide bonds. The molecule has 0 radical (unpaired) electrons. The van der Waals surface area contributed by atoms with Crippen LogP contribution in [0.4, 0.5) is 0 Å². The van der Waals surface area contributed by atoms with Crippen LogP contribution in [0.5, 0.6) is 0 Å². The number of nitrogens with zero attached hydrogens (tertiary/aromatic N) is 1. The summed E-state index contributed by atoms with van der Waals surface area (Å²) in [4.78, 5) is 0. The fourth-order valence-electron chi connectivity index (χ4n) is 7.16. The van der Waals surface area contributed by atoms with E-state index < -0.39 is 0 Å². The summed E-state index contributed by atoms with van der Waals surface area (Å²) < 4.78 is 2.42. The van der Waals surface area contributed by atoms with E-state index in [0.29, 0.717) is 0 Å². The van der Waals surface area contributed by atoms with Gasteiger partial charge in [-0.1, -0.05) is 107 Å². The molecule has 1 heteroatoms. The van der Waals surface area contributed by atoms with Crippen LogP contribution in [-0.4, -0.2) is 4.57 Å². The number of hydrogen-bond acceptors (Lipinski definition) is 0. The zero-order valence-corrected chi connectivity index (χ0v) is 22.9. The molecule has 0 saturated heterocycles. The molecule has 0 unspecified atom stereocenters. The highest BCUT2D eigenvalue weighted by Gasteiger charge is 2.38. The zero-order chi connectivity index (χ0) is 26.4. The largest absolute Gasteiger partial charge is 0.309 e. The maximum absolute atomic E-state index is 4.69. The number of fused-ring (bicyclic) bond motifs is 8. The maximum atomic E-state index is 4.69. The van der Waals surface area contributed by atoms with Crippen molar-refractivity contribution in [1.29, 1.82) is 0 Å². The average molecular weight is 492 g/mol. The molecule has 0 spiro atoms. The van der Waals surface area contributed by atoms with Crippen molar-refractivity contribution in [2.45, 2.75) is 45.4 Å². The first kappa shape index (κ1) is 23.0. The van der Waals surface area contributed by atoms with Crippen molar-refractivity contribution in [3.8, 4) is 27.9 Å². The summed E-state index contributed by atoms with van der Waals surface area (Å²) >= 11 is 0. The van der Waals surface area contributed by atoms with Crippen LogP contribution in [0.2, 0.25) is 0 Å². The normalized spacial score (nSPS) is 16.6. The van der Waals surface area contributed by atoms with Crippen molar-refractivity contribution >= 4 is 23.6 Å². The maximum Gasteiger partial charge on any atom is 0.0547 e. The Bertz CT molecular complexity index is 1940. The molecule has 2 aliphatic rings. The molecule has 1 heterocycles. The van der Waals surface area contributed by atoms with Gasteiger partial charge in [-0.2, -0.15) is 0 Å². The first-order valence-corrected chi connectivity index (χ1v) is 13.6. The van der Waals surface area contributed by atoms with Crippen LogP contribution in [-0.2, 0) is 10.8 Å². The van der Waals surface area contributed by atoms with E-state index in [1.54, 1.807) is 0 Å². The molecule has 0 aliphatic heterocycles. The van der Waals surface area contributed by atoms with Crippen molar-refractivity contribution in [2.24, 2.45) is 0 Å².